The van der Waals surface area contributed by atoms with Crippen LogP contribution >= 0.6 is 11.8 Å². The molecule has 1 aromatic carbocycles. The Bertz CT molecular complexity index is 341. The second kappa shape index (κ2) is 7.20. The quantitative estimate of drug-likeness (QED) is 0.797. The molecule has 2 heteroatoms. The highest BCUT2D eigenvalue weighted by Crippen LogP contribution is 2.29. The number of hydrogen-bond donors (Lipinski definition) is 1. The Morgan fingerprint density at radius 1 is 1.17 bits per heavy atom. The largest absolute Gasteiger partial charge is 0.316 e. The predicted octanol–water partition coefficient (Wildman–Crippen LogP) is 4.26. The molecule has 0 heterocycles. The Morgan fingerprint density at radius 2 is 1.83 bits per heavy atom. The van der Waals surface area contributed by atoms with Gasteiger partial charge >= 0.3 is 0 Å². The van der Waals surface area contributed by atoms with E-state index >= 15 is 0 Å². The highest BCUT2D eigenvalue weighted by Gasteiger charge is 2.22. The summed E-state index contributed by atoms with van der Waals surface area (Å²) in [5.41, 5.74) is 1.34. The molecule has 0 aliphatic heterocycles. The Morgan fingerprint density at radius 3 is 2.44 bits per heavy atom. The highest BCUT2D eigenvalue weighted by molar-refractivity contribution is 7.99. The van der Waals surface area contributed by atoms with E-state index < -0.39 is 0 Å². The molecule has 100 valence electrons. The van der Waals surface area contributed by atoms with Crippen LogP contribution in [0.3, 0.4) is 0 Å². The first-order valence-electron chi connectivity index (χ1n) is 7.16. The van der Waals surface area contributed by atoms with Crippen LogP contribution in [0.4, 0.5) is 0 Å². The van der Waals surface area contributed by atoms with Crippen LogP contribution in [-0.4, -0.2) is 18.8 Å². The Hall–Kier alpha value is -0.470. The van der Waals surface area contributed by atoms with Crippen LogP contribution in [-0.2, 0) is 0 Å². The van der Waals surface area contributed by atoms with Gasteiger partial charge in [0.1, 0.15) is 0 Å². The van der Waals surface area contributed by atoms with Crippen molar-refractivity contribution >= 4 is 11.8 Å². The number of benzene rings is 1. The molecule has 1 nitrogen and oxygen atoms in total. The van der Waals surface area contributed by atoms with E-state index in [1.54, 1.807) is 0 Å². The fourth-order valence-electron chi connectivity index (χ4n) is 2.81. The van der Waals surface area contributed by atoms with Crippen LogP contribution in [0.2, 0.25) is 0 Å². The first-order valence-corrected chi connectivity index (χ1v) is 8.15. The van der Waals surface area contributed by atoms with Crippen molar-refractivity contribution in [2.75, 3.05) is 12.8 Å². The van der Waals surface area contributed by atoms with E-state index in [0.29, 0.717) is 6.04 Å². The predicted molar refractivity (Wildman–Crippen MR) is 81.3 cm³/mol. The van der Waals surface area contributed by atoms with Gasteiger partial charge in [-0.2, -0.15) is 0 Å². The van der Waals surface area contributed by atoms with Gasteiger partial charge in [0.2, 0.25) is 0 Å². The molecule has 18 heavy (non-hydrogen) atoms. The van der Waals surface area contributed by atoms with Gasteiger partial charge in [0.05, 0.1) is 0 Å². The molecule has 0 saturated heterocycles. The number of rotatable bonds is 5. The molecule has 0 bridgehead atoms. The van der Waals surface area contributed by atoms with Crippen molar-refractivity contribution in [3.8, 4) is 0 Å². The lowest BCUT2D eigenvalue weighted by Crippen LogP contribution is -2.36. The molecule has 0 spiro atoms. The lowest BCUT2D eigenvalue weighted by Gasteiger charge is -2.29. The van der Waals surface area contributed by atoms with E-state index in [9.17, 15) is 0 Å². The SMILES string of the molecule is CNC(CSc1ccc(C)cc1)C1CCCCC1. The third-order valence-corrected chi connectivity index (χ3v) is 5.17. The summed E-state index contributed by atoms with van der Waals surface area (Å²) in [5.74, 6) is 2.09. The number of thioether (sulfide) groups is 1. The average molecular weight is 263 g/mol. The van der Waals surface area contributed by atoms with E-state index in [4.69, 9.17) is 0 Å². The second-order valence-corrected chi connectivity index (χ2v) is 6.51. The van der Waals surface area contributed by atoms with Gasteiger partial charge in [-0.25, -0.2) is 0 Å². The maximum Gasteiger partial charge on any atom is 0.0186 e. The van der Waals surface area contributed by atoms with E-state index in [-0.39, 0.29) is 0 Å². The molecule has 0 aromatic heterocycles. The molecule has 1 unspecified atom stereocenters. The van der Waals surface area contributed by atoms with Crippen LogP contribution in [0, 0.1) is 12.8 Å². The minimum atomic E-state index is 0.677. The lowest BCUT2D eigenvalue weighted by molar-refractivity contribution is 0.294. The molecule has 2 rings (SSSR count). The molecular formula is C16H25NS. The third kappa shape index (κ3) is 4.03. The van der Waals surface area contributed by atoms with Gasteiger partial charge in [0.15, 0.2) is 0 Å². The molecule has 1 saturated carbocycles. The van der Waals surface area contributed by atoms with Gasteiger partial charge in [-0.3, -0.25) is 0 Å². The van der Waals surface area contributed by atoms with Crippen molar-refractivity contribution in [1.82, 2.24) is 5.32 Å². The highest BCUT2D eigenvalue weighted by atomic mass is 32.2. The molecule has 1 aromatic rings. The molecule has 1 atom stereocenters. The summed E-state index contributed by atoms with van der Waals surface area (Å²) in [6.07, 6.45) is 7.13. The normalized spacial score (nSPS) is 18.8. The minimum Gasteiger partial charge on any atom is -0.316 e. The van der Waals surface area contributed by atoms with Crippen molar-refractivity contribution in [2.24, 2.45) is 5.92 Å². The van der Waals surface area contributed by atoms with E-state index in [2.05, 4.69) is 43.6 Å². The summed E-state index contributed by atoms with van der Waals surface area (Å²) < 4.78 is 0. The molecule has 0 radical (unpaired) electrons. The van der Waals surface area contributed by atoms with Crippen LogP contribution in [0.1, 0.15) is 37.7 Å². The Kier molecular flexibility index (Phi) is 5.58. The fraction of sp³-hybridized carbons (Fsp3) is 0.625. The Balaban J connectivity index is 1.84. The zero-order valence-electron chi connectivity index (χ0n) is 11.6. The molecule has 1 N–H and O–H groups in total. The summed E-state index contributed by atoms with van der Waals surface area (Å²) in [7, 11) is 2.12. The van der Waals surface area contributed by atoms with Crippen molar-refractivity contribution in [3.63, 3.8) is 0 Å². The maximum absolute atomic E-state index is 3.53. The van der Waals surface area contributed by atoms with E-state index in [1.165, 1.54) is 48.3 Å². The lowest BCUT2D eigenvalue weighted by atomic mass is 9.84. The summed E-state index contributed by atoms with van der Waals surface area (Å²) in [4.78, 5) is 1.40. The first-order chi connectivity index (χ1) is 8.79. The van der Waals surface area contributed by atoms with Gasteiger partial charge in [-0.1, -0.05) is 37.0 Å². The number of nitrogens with one attached hydrogen (secondary N) is 1. The molecular weight excluding hydrogens is 238 g/mol. The van der Waals surface area contributed by atoms with Crippen molar-refractivity contribution in [2.45, 2.75) is 50.0 Å². The van der Waals surface area contributed by atoms with Crippen LogP contribution in [0.15, 0.2) is 29.2 Å². The zero-order valence-corrected chi connectivity index (χ0v) is 12.4. The van der Waals surface area contributed by atoms with Crippen molar-refractivity contribution in [1.29, 1.82) is 0 Å². The Labute approximate surface area is 116 Å². The monoisotopic (exact) mass is 263 g/mol. The molecule has 0 amide bonds. The van der Waals surface area contributed by atoms with Gasteiger partial charge in [0.25, 0.3) is 0 Å². The third-order valence-electron chi connectivity index (χ3n) is 4.04. The first kappa shape index (κ1) is 14.0. The zero-order chi connectivity index (χ0) is 12.8. The molecule has 1 aliphatic carbocycles. The minimum absolute atomic E-state index is 0.677. The second-order valence-electron chi connectivity index (χ2n) is 5.42. The molecule has 1 fully saturated rings. The summed E-state index contributed by atoms with van der Waals surface area (Å²) >= 11 is 1.99. The topological polar surface area (TPSA) is 12.0 Å². The van der Waals surface area contributed by atoms with Gasteiger partial charge in [0, 0.05) is 16.7 Å². The summed E-state index contributed by atoms with van der Waals surface area (Å²) in [6.45, 7) is 2.15. The van der Waals surface area contributed by atoms with E-state index in [1.807, 2.05) is 11.8 Å². The molecule has 1 aliphatic rings. The number of aryl methyl sites for hydroxylation is 1. The van der Waals surface area contributed by atoms with Crippen LogP contribution in [0.5, 0.6) is 0 Å². The number of hydrogen-bond acceptors (Lipinski definition) is 2. The van der Waals surface area contributed by atoms with Gasteiger partial charge in [-0.05, 0) is 44.9 Å². The average Bonchev–Trinajstić information content (AvgIpc) is 2.43. The smallest absolute Gasteiger partial charge is 0.0186 e. The summed E-state index contributed by atoms with van der Waals surface area (Å²) in [5, 5.41) is 3.53. The fourth-order valence-corrected chi connectivity index (χ4v) is 3.95. The van der Waals surface area contributed by atoms with E-state index in [0.717, 1.165) is 5.92 Å². The van der Waals surface area contributed by atoms with Gasteiger partial charge in [-0.15, -0.1) is 11.8 Å². The van der Waals surface area contributed by atoms with Crippen molar-refractivity contribution in [3.05, 3.63) is 29.8 Å². The van der Waals surface area contributed by atoms with Crippen LogP contribution in [0.25, 0.3) is 0 Å². The van der Waals surface area contributed by atoms with Crippen LogP contribution < -0.4 is 5.32 Å². The summed E-state index contributed by atoms with van der Waals surface area (Å²) in [6, 6.07) is 9.58. The maximum atomic E-state index is 3.53. The van der Waals surface area contributed by atoms with Gasteiger partial charge < -0.3 is 5.32 Å². The standard InChI is InChI=1S/C16H25NS/c1-13-8-10-15(11-9-13)18-12-16(17-2)14-6-4-3-5-7-14/h8-11,14,16-17H,3-7,12H2,1-2H3. The van der Waals surface area contributed by atoms with Crippen molar-refractivity contribution < 1.29 is 0 Å².